The van der Waals surface area contributed by atoms with E-state index in [9.17, 15) is 14.4 Å². The number of hydrogen-bond acceptors (Lipinski definition) is 9. The minimum absolute atomic E-state index is 0.0261. The van der Waals surface area contributed by atoms with E-state index in [0.29, 0.717) is 52.6 Å². The Balaban J connectivity index is 1.29. The number of rotatable bonds is 8. The summed E-state index contributed by atoms with van der Waals surface area (Å²) in [5.41, 5.74) is 4.54. The van der Waals surface area contributed by atoms with E-state index in [2.05, 4.69) is 21.4 Å². The average molecular weight is 582 g/mol. The highest BCUT2D eigenvalue weighted by Crippen LogP contribution is 2.37. The summed E-state index contributed by atoms with van der Waals surface area (Å²) in [6, 6.07) is 12.5. The van der Waals surface area contributed by atoms with Gasteiger partial charge in [-0.15, -0.1) is 0 Å². The number of likely N-dealkylation sites (N-methyl/N-ethyl adjacent to an activating group) is 1. The number of nitriles is 1. The Labute approximate surface area is 246 Å². The van der Waals surface area contributed by atoms with Gasteiger partial charge < -0.3 is 15.1 Å². The molecule has 212 valence electrons. The molecule has 6 rings (SSSR count). The fourth-order valence-electron chi connectivity index (χ4n) is 4.97. The lowest BCUT2D eigenvalue weighted by Crippen LogP contribution is -2.59. The number of likely N-dealkylation sites (tertiary alicyclic amines) is 1. The highest BCUT2D eigenvalue weighted by atomic mass is 32.1. The van der Waals surface area contributed by atoms with Crippen LogP contribution >= 0.6 is 11.3 Å². The van der Waals surface area contributed by atoms with Gasteiger partial charge in [-0.05, 0) is 49.9 Å². The highest BCUT2D eigenvalue weighted by Gasteiger charge is 2.29. The van der Waals surface area contributed by atoms with E-state index in [0.717, 1.165) is 28.3 Å². The summed E-state index contributed by atoms with van der Waals surface area (Å²) in [6.07, 6.45) is 6.31. The van der Waals surface area contributed by atoms with Gasteiger partial charge in [0.15, 0.2) is 5.13 Å². The molecule has 0 bridgehead atoms. The summed E-state index contributed by atoms with van der Waals surface area (Å²) >= 11 is 1.27. The molecule has 1 aliphatic heterocycles. The maximum Gasteiger partial charge on any atom is 0.230 e. The predicted molar refractivity (Wildman–Crippen MR) is 159 cm³/mol. The molecule has 5 aromatic rings. The number of aryl methyl sites for hydroxylation is 1. The summed E-state index contributed by atoms with van der Waals surface area (Å²) in [4.78, 5) is 35.2. The largest absolute Gasteiger partial charge is 0.339 e. The van der Waals surface area contributed by atoms with Crippen LogP contribution in [-0.4, -0.2) is 68.4 Å². The number of carbonyl (C=O) groups excluding carboxylic acids is 1. The second-order valence-electron chi connectivity index (χ2n) is 10.1. The third-order valence-corrected chi connectivity index (χ3v) is 8.46. The third-order valence-electron chi connectivity index (χ3n) is 7.43. The maximum atomic E-state index is 13.5. The average Bonchev–Trinajstić information content (AvgIpc) is 3.58. The van der Waals surface area contributed by atoms with Crippen LogP contribution in [-0.2, 0) is 17.6 Å². The van der Waals surface area contributed by atoms with Crippen LogP contribution in [0.25, 0.3) is 28.0 Å². The molecule has 0 spiro atoms. The normalized spacial score (nSPS) is 13.3. The number of carbonyl (C=O) groups is 1. The molecule has 4 aromatic heterocycles. The molecule has 1 fully saturated rings. The van der Waals surface area contributed by atoms with Crippen molar-refractivity contribution in [3.63, 3.8) is 0 Å². The van der Waals surface area contributed by atoms with Crippen molar-refractivity contribution < 1.29 is 9.18 Å². The van der Waals surface area contributed by atoms with E-state index in [-0.39, 0.29) is 18.1 Å². The first kappa shape index (κ1) is 27.4. The van der Waals surface area contributed by atoms with Crippen molar-refractivity contribution in [2.75, 3.05) is 32.1 Å². The zero-order valence-electron chi connectivity index (χ0n) is 23.4. The Hall–Kier alpha value is -4.73. The van der Waals surface area contributed by atoms with Crippen LogP contribution in [0.1, 0.15) is 23.3 Å². The van der Waals surface area contributed by atoms with E-state index >= 15 is 0 Å². The van der Waals surface area contributed by atoms with E-state index in [1.807, 2.05) is 48.6 Å². The Morgan fingerprint density at radius 3 is 2.50 bits per heavy atom. The van der Waals surface area contributed by atoms with E-state index < -0.39 is 0 Å². The summed E-state index contributed by atoms with van der Waals surface area (Å²) in [7, 11) is 3.80. The molecule has 1 N–H and O–H groups in total. The van der Waals surface area contributed by atoms with Gasteiger partial charge in [0.1, 0.15) is 39.7 Å². The van der Waals surface area contributed by atoms with E-state index in [1.54, 1.807) is 29.4 Å². The molecule has 1 aromatic carbocycles. The van der Waals surface area contributed by atoms with Gasteiger partial charge in [0, 0.05) is 61.5 Å². The molecule has 5 heterocycles. The van der Waals surface area contributed by atoms with Crippen molar-refractivity contribution >= 4 is 33.8 Å². The number of pyridine rings is 1. The molecule has 1 saturated heterocycles. The predicted octanol–water partition coefficient (Wildman–Crippen LogP) is 4.23. The number of nitrogens with one attached hydrogen (secondary N) is 1. The topological polar surface area (TPSA) is 115 Å². The van der Waals surface area contributed by atoms with Crippen LogP contribution in [0.4, 0.5) is 15.3 Å². The fourth-order valence-corrected chi connectivity index (χ4v) is 5.82. The number of aromatic nitrogens is 5. The molecule has 10 nitrogen and oxygen atoms in total. The van der Waals surface area contributed by atoms with Crippen molar-refractivity contribution in [2.24, 2.45) is 0 Å². The molecule has 0 radical (unpaired) electrons. The summed E-state index contributed by atoms with van der Waals surface area (Å²) < 4.78 is 15.5. The molecule has 0 saturated carbocycles. The summed E-state index contributed by atoms with van der Waals surface area (Å²) in [5, 5.41) is 13.6. The first-order valence-corrected chi connectivity index (χ1v) is 14.4. The lowest BCUT2D eigenvalue weighted by molar-refractivity contribution is -0.135. The van der Waals surface area contributed by atoms with Crippen LogP contribution in [0, 0.1) is 17.1 Å². The smallest absolute Gasteiger partial charge is 0.230 e. The molecule has 12 heteroatoms. The van der Waals surface area contributed by atoms with E-state index in [1.165, 1.54) is 23.5 Å². The van der Waals surface area contributed by atoms with Gasteiger partial charge in [-0.3, -0.25) is 9.20 Å². The van der Waals surface area contributed by atoms with Gasteiger partial charge >= 0.3 is 0 Å². The van der Waals surface area contributed by atoms with Crippen LogP contribution in [0.5, 0.6) is 0 Å². The number of nitrogens with zero attached hydrogens (tertiary/aromatic N) is 8. The molecule has 0 atom stereocenters. The van der Waals surface area contributed by atoms with Gasteiger partial charge in [0.25, 0.3) is 0 Å². The summed E-state index contributed by atoms with van der Waals surface area (Å²) in [6.45, 7) is 3.46. The summed E-state index contributed by atoms with van der Waals surface area (Å²) in [5.74, 6) is 0.999. The number of imidazole rings is 1. The van der Waals surface area contributed by atoms with Crippen LogP contribution in [0.2, 0.25) is 0 Å². The molecular weight excluding hydrogens is 553 g/mol. The minimum Gasteiger partial charge on any atom is -0.339 e. The number of amides is 1. The second-order valence-corrected chi connectivity index (χ2v) is 11.1. The van der Waals surface area contributed by atoms with E-state index in [4.69, 9.17) is 9.97 Å². The lowest BCUT2D eigenvalue weighted by atomic mass is 10.1. The zero-order valence-corrected chi connectivity index (χ0v) is 24.2. The van der Waals surface area contributed by atoms with Crippen LogP contribution in [0.3, 0.4) is 0 Å². The lowest BCUT2D eigenvalue weighted by Gasteiger charge is -2.38. The maximum absolute atomic E-state index is 13.5. The van der Waals surface area contributed by atoms with Gasteiger partial charge in [-0.1, -0.05) is 18.3 Å². The number of thiazole rings is 1. The Morgan fingerprint density at radius 1 is 1.12 bits per heavy atom. The van der Waals surface area contributed by atoms with Gasteiger partial charge in [0.2, 0.25) is 5.91 Å². The van der Waals surface area contributed by atoms with Crippen molar-refractivity contribution in [1.29, 1.82) is 5.26 Å². The van der Waals surface area contributed by atoms with Gasteiger partial charge in [0.05, 0.1) is 12.1 Å². The number of halogens is 1. The monoisotopic (exact) mass is 581 g/mol. The second kappa shape index (κ2) is 11.3. The van der Waals surface area contributed by atoms with Crippen molar-refractivity contribution in [2.45, 2.75) is 25.8 Å². The molecule has 0 aliphatic carbocycles. The molecule has 1 aliphatic rings. The van der Waals surface area contributed by atoms with Gasteiger partial charge in [-0.25, -0.2) is 24.3 Å². The quantitative estimate of drug-likeness (QED) is 0.290. The van der Waals surface area contributed by atoms with Crippen molar-refractivity contribution in [3.8, 4) is 28.5 Å². The standard InChI is InChI=1S/C30H28FN9OS/c1-4-23-29(38(3)30-37-28(24(12-32)42-30)18-5-8-21(31)9-6-18)40-15-19(7-10-26(40)36-23)20-13-34-25(35-14-20)11-27(41)39-16-22(17-39)33-2/h5-10,13-15,22,33H,4,11,16-17H2,1-3H3. The highest BCUT2D eigenvalue weighted by molar-refractivity contribution is 7.16. The number of fused-ring (bicyclic) bond motifs is 1. The third kappa shape index (κ3) is 5.08. The molecular formula is C30H28FN9OS. The van der Waals surface area contributed by atoms with Gasteiger partial charge in [-0.2, -0.15) is 5.26 Å². The Morgan fingerprint density at radius 2 is 1.83 bits per heavy atom. The number of hydrogen-bond donors (Lipinski definition) is 1. The van der Waals surface area contributed by atoms with Crippen LogP contribution < -0.4 is 10.2 Å². The zero-order chi connectivity index (χ0) is 29.4. The first-order chi connectivity index (χ1) is 20.4. The molecule has 1 amide bonds. The SMILES string of the molecule is CCc1nc2ccc(-c3cnc(CC(=O)N4CC(NC)C4)nc3)cn2c1N(C)c1nc(-c2ccc(F)cc2)c(C#N)s1. The van der Waals surface area contributed by atoms with Crippen molar-refractivity contribution in [1.82, 2.24) is 34.6 Å². The molecule has 0 unspecified atom stereocenters. The Bertz CT molecular complexity index is 1800. The van der Waals surface area contributed by atoms with Crippen molar-refractivity contribution in [3.05, 3.63) is 77.2 Å². The fraction of sp³-hybridized carbons (Fsp3) is 0.267. The molecule has 42 heavy (non-hydrogen) atoms. The number of anilines is 2. The number of benzene rings is 1. The van der Waals surface area contributed by atoms with Crippen LogP contribution in [0.15, 0.2) is 55.0 Å². The minimum atomic E-state index is -0.345. The first-order valence-electron chi connectivity index (χ1n) is 13.6. The Kier molecular flexibility index (Phi) is 7.36.